The highest BCUT2D eigenvalue weighted by Crippen LogP contribution is 2.39. The SMILES string of the molecule is CC1(C(N)c2ccc(Br)c3ccccc23)CCCO1. The number of hydrogen-bond acceptors (Lipinski definition) is 2. The van der Waals surface area contributed by atoms with Crippen LogP contribution in [-0.2, 0) is 4.74 Å². The Morgan fingerprint density at radius 2 is 1.95 bits per heavy atom. The maximum Gasteiger partial charge on any atom is 0.0847 e. The summed E-state index contributed by atoms with van der Waals surface area (Å²) in [5.74, 6) is 0. The van der Waals surface area contributed by atoms with E-state index in [0.717, 1.165) is 23.9 Å². The van der Waals surface area contributed by atoms with Crippen LogP contribution in [-0.4, -0.2) is 12.2 Å². The molecule has 3 heteroatoms. The van der Waals surface area contributed by atoms with Crippen LogP contribution in [0.1, 0.15) is 31.4 Å². The Bertz CT molecular complexity index is 605. The molecule has 0 spiro atoms. The zero-order chi connectivity index (χ0) is 13.5. The summed E-state index contributed by atoms with van der Waals surface area (Å²) >= 11 is 3.61. The molecule has 0 amide bonds. The minimum atomic E-state index is -0.239. The lowest BCUT2D eigenvalue weighted by molar-refractivity contribution is -0.00139. The molecule has 2 aromatic rings. The summed E-state index contributed by atoms with van der Waals surface area (Å²) in [7, 11) is 0. The van der Waals surface area contributed by atoms with Crippen LogP contribution in [0.3, 0.4) is 0 Å². The van der Waals surface area contributed by atoms with Gasteiger partial charge in [-0.15, -0.1) is 0 Å². The molecule has 1 aliphatic heterocycles. The van der Waals surface area contributed by atoms with Crippen LogP contribution in [0.25, 0.3) is 10.8 Å². The third-order valence-corrected chi connectivity index (χ3v) is 4.84. The molecule has 0 bridgehead atoms. The highest BCUT2D eigenvalue weighted by atomic mass is 79.9. The molecule has 19 heavy (non-hydrogen) atoms. The van der Waals surface area contributed by atoms with Gasteiger partial charge in [-0.25, -0.2) is 0 Å². The Labute approximate surface area is 122 Å². The minimum Gasteiger partial charge on any atom is -0.373 e. The summed E-state index contributed by atoms with van der Waals surface area (Å²) in [4.78, 5) is 0. The zero-order valence-electron chi connectivity index (χ0n) is 11.0. The van der Waals surface area contributed by atoms with Gasteiger partial charge in [0.2, 0.25) is 0 Å². The lowest BCUT2D eigenvalue weighted by atomic mass is 9.86. The number of nitrogens with two attached hydrogens (primary N) is 1. The minimum absolute atomic E-state index is 0.0898. The number of ether oxygens (including phenoxy) is 1. The monoisotopic (exact) mass is 319 g/mol. The second-order valence-corrected chi connectivity index (χ2v) is 6.28. The quantitative estimate of drug-likeness (QED) is 0.901. The standard InChI is InChI=1S/C16H18BrNO/c1-16(9-4-10-19-16)15(18)13-7-8-14(17)12-6-3-2-5-11(12)13/h2-3,5-8,15H,4,9-10,18H2,1H3. The Hall–Kier alpha value is -0.900. The lowest BCUT2D eigenvalue weighted by Gasteiger charge is -2.31. The van der Waals surface area contributed by atoms with E-state index in [4.69, 9.17) is 10.5 Å². The van der Waals surface area contributed by atoms with Crippen molar-refractivity contribution in [1.29, 1.82) is 0 Å². The molecular formula is C16H18BrNO. The van der Waals surface area contributed by atoms with Gasteiger partial charge in [0.05, 0.1) is 11.6 Å². The van der Waals surface area contributed by atoms with Crippen molar-refractivity contribution in [3.63, 3.8) is 0 Å². The number of hydrogen-bond donors (Lipinski definition) is 1. The van der Waals surface area contributed by atoms with E-state index in [1.54, 1.807) is 0 Å². The first-order valence-electron chi connectivity index (χ1n) is 6.68. The molecule has 1 aliphatic rings. The van der Waals surface area contributed by atoms with Crippen molar-refractivity contribution in [2.75, 3.05) is 6.61 Å². The summed E-state index contributed by atoms with van der Waals surface area (Å²) in [6.45, 7) is 2.94. The molecule has 1 fully saturated rings. The van der Waals surface area contributed by atoms with Gasteiger partial charge in [0.25, 0.3) is 0 Å². The number of rotatable bonds is 2. The van der Waals surface area contributed by atoms with E-state index in [1.807, 2.05) is 0 Å². The lowest BCUT2D eigenvalue weighted by Crippen LogP contribution is -2.37. The van der Waals surface area contributed by atoms with Crippen molar-refractivity contribution < 1.29 is 4.74 Å². The smallest absolute Gasteiger partial charge is 0.0847 e. The van der Waals surface area contributed by atoms with Crippen LogP contribution >= 0.6 is 15.9 Å². The van der Waals surface area contributed by atoms with E-state index in [-0.39, 0.29) is 11.6 Å². The Kier molecular flexibility index (Phi) is 3.37. The Morgan fingerprint density at radius 1 is 1.21 bits per heavy atom. The summed E-state index contributed by atoms with van der Waals surface area (Å²) < 4.78 is 7.01. The second-order valence-electron chi connectivity index (χ2n) is 5.42. The Morgan fingerprint density at radius 3 is 2.63 bits per heavy atom. The fraction of sp³-hybridized carbons (Fsp3) is 0.375. The van der Waals surface area contributed by atoms with E-state index in [0.29, 0.717) is 0 Å². The van der Waals surface area contributed by atoms with Gasteiger partial charge in [-0.1, -0.05) is 46.3 Å². The van der Waals surface area contributed by atoms with Gasteiger partial charge in [0, 0.05) is 11.1 Å². The maximum absolute atomic E-state index is 6.51. The largest absolute Gasteiger partial charge is 0.373 e. The average molecular weight is 320 g/mol. The molecule has 0 radical (unpaired) electrons. The van der Waals surface area contributed by atoms with Crippen molar-refractivity contribution in [1.82, 2.24) is 0 Å². The predicted molar refractivity (Wildman–Crippen MR) is 82.2 cm³/mol. The molecule has 1 heterocycles. The number of halogens is 1. The van der Waals surface area contributed by atoms with Crippen molar-refractivity contribution >= 4 is 26.7 Å². The molecule has 2 aromatic carbocycles. The van der Waals surface area contributed by atoms with E-state index < -0.39 is 0 Å². The van der Waals surface area contributed by atoms with Gasteiger partial charge in [0.15, 0.2) is 0 Å². The summed E-state index contributed by atoms with van der Waals surface area (Å²) in [5, 5.41) is 2.41. The van der Waals surface area contributed by atoms with Gasteiger partial charge in [-0.2, -0.15) is 0 Å². The van der Waals surface area contributed by atoms with Gasteiger partial charge in [0.1, 0.15) is 0 Å². The van der Waals surface area contributed by atoms with E-state index in [1.165, 1.54) is 16.3 Å². The molecule has 3 rings (SSSR count). The molecule has 2 unspecified atom stereocenters. The van der Waals surface area contributed by atoms with Crippen LogP contribution in [0, 0.1) is 0 Å². The van der Waals surface area contributed by atoms with Gasteiger partial charge in [-0.05, 0) is 42.2 Å². The first kappa shape index (κ1) is 13.1. The van der Waals surface area contributed by atoms with Crippen molar-refractivity contribution in [2.24, 2.45) is 5.73 Å². The molecule has 100 valence electrons. The van der Waals surface area contributed by atoms with E-state index in [9.17, 15) is 0 Å². The zero-order valence-corrected chi connectivity index (χ0v) is 12.6. The van der Waals surface area contributed by atoms with Crippen LogP contribution in [0.5, 0.6) is 0 Å². The highest BCUT2D eigenvalue weighted by molar-refractivity contribution is 9.10. The molecule has 1 saturated heterocycles. The third-order valence-electron chi connectivity index (χ3n) is 4.15. The molecule has 0 aliphatic carbocycles. The average Bonchev–Trinajstić information content (AvgIpc) is 2.87. The first-order chi connectivity index (χ1) is 9.12. The molecule has 2 nitrogen and oxygen atoms in total. The molecule has 2 N–H and O–H groups in total. The number of fused-ring (bicyclic) bond motifs is 1. The van der Waals surface area contributed by atoms with Crippen molar-refractivity contribution in [3.05, 3.63) is 46.4 Å². The van der Waals surface area contributed by atoms with E-state index in [2.05, 4.69) is 59.3 Å². The van der Waals surface area contributed by atoms with Crippen LogP contribution < -0.4 is 5.73 Å². The predicted octanol–water partition coefficient (Wildman–Crippen LogP) is 4.17. The van der Waals surface area contributed by atoms with Crippen molar-refractivity contribution in [3.8, 4) is 0 Å². The molecule has 0 aromatic heterocycles. The van der Waals surface area contributed by atoms with Crippen LogP contribution in [0.15, 0.2) is 40.9 Å². The van der Waals surface area contributed by atoms with Gasteiger partial charge >= 0.3 is 0 Å². The van der Waals surface area contributed by atoms with Crippen LogP contribution in [0.2, 0.25) is 0 Å². The molecule has 2 atom stereocenters. The second kappa shape index (κ2) is 4.89. The fourth-order valence-corrected chi connectivity index (χ4v) is 3.41. The summed E-state index contributed by atoms with van der Waals surface area (Å²) in [6, 6.07) is 12.5. The molecular weight excluding hydrogens is 302 g/mol. The summed E-state index contributed by atoms with van der Waals surface area (Å²) in [6.07, 6.45) is 2.12. The normalized spacial score (nSPS) is 24.8. The van der Waals surface area contributed by atoms with Gasteiger partial charge < -0.3 is 10.5 Å². The van der Waals surface area contributed by atoms with Crippen LogP contribution in [0.4, 0.5) is 0 Å². The van der Waals surface area contributed by atoms with E-state index >= 15 is 0 Å². The van der Waals surface area contributed by atoms with Crippen molar-refractivity contribution in [2.45, 2.75) is 31.4 Å². The Balaban J connectivity index is 2.12. The first-order valence-corrected chi connectivity index (χ1v) is 7.48. The third kappa shape index (κ3) is 2.20. The fourth-order valence-electron chi connectivity index (χ4n) is 2.93. The van der Waals surface area contributed by atoms with Gasteiger partial charge in [-0.3, -0.25) is 0 Å². The topological polar surface area (TPSA) is 35.2 Å². The highest BCUT2D eigenvalue weighted by Gasteiger charge is 2.37. The molecule has 0 saturated carbocycles. The summed E-state index contributed by atoms with van der Waals surface area (Å²) in [5.41, 5.74) is 7.44. The maximum atomic E-state index is 6.51. The number of benzene rings is 2.